The van der Waals surface area contributed by atoms with Gasteiger partial charge >= 0.3 is 11.9 Å². The molecule has 0 aromatic rings. The third-order valence-corrected chi connectivity index (χ3v) is 2.46. The van der Waals surface area contributed by atoms with Crippen LogP contribution in [0, 0.1) is 5.41 Å². The molecule has 0 spiro atoms. The maximum atomic E-state index is 11.9. The van der Waals surface area contributed by atoms with E-state index in [1.807, 2.05) is 6.92 Å². The number of carbonyl (C=O) groups is 2. The zero-order chi connectivity index (χ0) is 13.3. The molecule has 0 radical (unpaired) electrons. The van der Waals surface area contributed by atoms with Crippen LogP contribution in [0.15, 0.2) is 12.7 Å². The number of hydrogen-bond donors (Lipinski definition) is 0. The second-order valence-corrected chi connectivity index (χ2v) is 4.03. The van der Waals surface area contributed by atoms with Crippen molar-refractivity contribution in [1.29, 1.82) is 0 Å². The van der Waals surface area contributed by atoms with Gasteiger partial charge in [-0.05, 0) is 26.7 Å². The van der Waals surface area contributed by atoms with Gasteiger partial charge in [0.2, 0.25) is 0 Å². The quantitative estimate of drug-likeness (QED) is 0.284. The standard InChI is InChI=1S/C13H22O4/c1-5-8-10-17-12(15)13(4,9-6-2)11(14)16-7-3/h6H,2,5,7-10H2,1,3-4H3. The van der Waals surface area contributed by atoms with Gasteiger partial charge < -0.3 is 9.47 Å². The molecule has 0 heterocycles. The smallest absolute Gasteiger partial charge is 0.323 e. The maximum Gasteiger partial charge on any atom is 0.323 e. The van der Waals surface area contributed by atoms with Crippen molar-refractivity contribution in [3.63, 3.8) is 0 Å². The highest BCUT2D eigenvalue weighted by Gasteiger charge is 2.43. The van der Waals surface area contributed by atoms with E-state index in [0.29, 0.717) is 6.61 Å². The Bertz CT molecular complexity index is 273. The van der Waals surface area contributed by atoms with Crippen LogP contribution in [0.3, 0.4) is 0 Å². The lowest BCUT2D eigenvalue weighted by Gasteiger charge is -2.23. The number of rotatable bonds is 8. The zero-order valence-electron chi connectivity index (χ0n) is 11.0. The summed E-state index contributed by atoms with van der Waals surface area (Å²) in [5.41, 5.74) is -1.27. The van der Waals surface area contributed by atoms with E-state index in [4.69, 9.17) is 9.47 Å². The van der Waals surface area contributed by atoms with Crippen molar-refractivity contribution in [1.82, 2.24) is 0 Å². The average molecular weight is 242 g/mol. The highest BCUT2D eigenvalue weighted by atomic mass is 16.6. The summed E-state index contributed by atoms with van der Waals surface area (Å²) in [7, 11) is 0. The normalized spacial score (nSPS) is 13.6. The highest BCUT2D eigenvalue weighted by molar-refractivity contribution is 5.99. The summed E-state index contributed by atoms with van der Waals surface area (Å²) in [6, 6.07) is 0. The van der Waals surface area contributed by atoms with Crippen molar-refractivity contribution in [2.75, 3.05) is 13.2 Å². The molecule has 0 bridgehead atoms. The lowest BCUT2D eigenvalue weighted by atomic mass is 9.87. The Morgan fingerprint density at radius 1 is 1.24 bits per heavy atom. The van der Waals surface area contributed by atoms with E-state index >= 15 is 0 Å². The van der Waals surface area contributed by atoms with E-state index in [0.717, 1.165) is 12.8 Å². The summed E-state index contributed by atoms with van der Waals surface area (Å²) < 4.78 is 9.98. The van der Waals surface area contributed by atoms with Crippen molar-refractivity contribution in [2.45, 2.75) is 40.0 Å². The molecule has 0 aliphatic heterocycles. The second-order valence-electron chi connectivity index (χ2n) is 4.03. The van der Waals surface area contributed by atoms with Crippen molar-refractivity contribution in [2.24, 2.45) is 5.41 Å². The molecule has 0 aliphatic rings. The molecule has 0 saturated heterocycles. The molecule has 0 N–H and O–H groups in total. The van der Waals surface area contributed by atoms with Crippen LogP contribution < -0.4 is 0 Å². The number of ether oxygens (including phenoxy) is 2. The van der Waals surface area contributed by atoms with Gasteiger partial charge in [-0.1, -0.05) is 19.4 Å². The molecule has 0 saturated carbocycles. The summed E-state index contributed by atoms with van der Waals surface area (Å²) in [6.45, 7) is 9.36. The average Bonchev–Trinajstić information content (AvgIpc) is 2.29. The molecule has 0 aliphatic carbocycles. The molecule has 4 heteroatoms. The molecule has 0 amide bonds. The first-order chi connectivity index (χ1) is 8.02. The van der Waals surface area contributed by atoms with E-state index < -0.39 is 17.4 Å². The van der Waals surface area contributed by atoms with Crippen LogP contribution in [-0.4, -0.2) is 25.2 Å². The van der Waals surface area contributed by atoms with Crippen LogP contribution in [-0.2, 0) is 19.1 Å². The number of hydrogen-bond acceptors (Lipinski definition) is 4. The molecule has 17 heavy (non-hydrogen) atoms. The Kier molecular flexibility index (Phi) is 7.26. The third kappa shape index (κ3) is 4.59. The van der Waals surface area contributed by atoms with E-state index in [2.05, 4.69) is 6.58 Å². The monoisotopic (exact) mass is 242 g/mol. The number of carbonyl (C=O) groups excluding carboxylic acids is 2. The molecule has 0 fully saturated rings. The first-order valence-electron chi connectivity index (χ1n) is 5.98. The summed E-state index contributed by atoms with van der Waals surface area (Å²) >= 11 is 0. The topological polar surface area (TPSA) is 52.6 Å². The first kappa shape index (κ1) is 15.7. The van der Waals surface area contributed by atoms with Gasteiger partial charge in [-0.3, -0.25) is 9.59 Å². The Morgan fingerprint density at radius 3 is 2.29 bits per heavy atom. The molecule has 4 nitrogen and oxygen atoms in total. The fraction of sp³-hybridized carbons (Fsp3) is 0.692. The Hall–Kier alpha value is -1.32. The summed E-state index contributed by atoms with van der Waals surface area (Å²) in [4.78, 5) is 23.6. The molecule has 1 atom stereocenters. The van der Waals surface area contributed by atoms with Crippen LogP contribution >= 0.6 is 0 Å². The van der Waals surface area contributed by atoms with Gasteiger partial charge in [0.05, 0.1) is 13.2 Å². The van der Waals surface area contributed by atoms with Gasteiger partial charge in [0.15, 0.2) is 5.41 Å². The summed E-state index contributed by atoms with van der Waals surface area (Å²) in [5.74, 6) is -1.09. The van der Waals surface area contributed by atoms with Crippen LogP contribution in [0.4, 0.5) is 0 Å². The van der Waals surface area contributed by atoms with E-state index in [9.17, 15) is 9.59 Å². The highest BCUT2D eigenvalue weighted by Crippen LogP contribution is 2.26. The van der Waals surface area contributed by atoms with Crippen LogP contribution in [0.2, 0.25) is 0 Å². The predicted molar refractivity (Wildman–Crippen MR) is 65.4 cm³/mol. The van der Waals surface area contributed by atoms with Gasteiger partial charge in [-0.15, -0.1) is 6.58 Å². The first-order valence-corrected chi connectivity index (χ1v) is 5.98. The van der Waals surface area contributed by atoms with Gasteiger partial charge in [0.1, 0.15) is 0 Å². The second kappa shape index (κ2) is 7.87. The fourth-order valence-corrected chi connectivity index (χ4v) is 1.30. The minimum atomic E-state index is -1.27. The number of allylic oxidation sites excluding steroid dienone is 1. The van der Waals surface area contributed by atoms with Crippen LogP contribution in [0.1, 0.15) is 40.0 Å². The number of unbranched alkanes of at least 4 members (excludes halogenated alkanes) is 1. The SMILES string of the molecule is C=CCC(C)(C(=O)OCC)C(=O)OCCCC. The van der Waals surface area contributed by atoms with Gasteiger partial charge in [-0.25, -0.2) is 0 Å². The minimum absolute atomic E-state index is 0.219. The van der Waals surface area contributed by atoms with E-state index in [1.54, 1.807) is 6.92 Å². The zero-order valence-corrected chi connectivity index (χ0v) is 11.0. The summed E-state index contributed by atoms with van der Waals surface area (Å²) in [5, 5.41) is 0. The van der Waals surface area contributed by atoms with E-state index in [-0.39, 0.29) is 13.0 Å². The third-order valence-electron chi connectivity index (χ3n) is 2.46. The van der Waals surface area contributed by atoms with Gasteiger partial charge in [-0.2, -0.15) is 0 Å². The van der Waals surface area contributed by atoms with Crippen LogP contribution in [0.5, 0.6) is 0 Å². The number of esters is 2. The molecular weight excluding hydrogens is 220 g/mol. The van der Waals surface area contributed by atoms with E-state index in [1.165, 1.54) is 13.0 Å². The van der Waals surface area contributed by atoms with Gasteiger partial charge in [0.25, 0.3) is 0 Å². The van der Waals surface area contributed by atoms with Crippen molar-refractivity contribution in [3.8, 4) is 0 Å². The largest absolute Gasteiger partial charge is 0.465 e. The van der Waals surface area contributed by atoms with Crippen molar-refractivity contribution >= 4 is 11.9 Å². The molecule has 0 aromatic heterocycles. The summed E-state index contributed by atoms with van der Waals surface area (Å²) in [6.07, 6.45) is 3.47. The fourth-order valence-electron chi connectivity index (χ4n) is 1.30. The maximum absolute atomic E-state index is 11.9. The molecule has 1 unspecified atom stereocenters. The Morgan fingerprint density at radius 2 is 1.82 bits per heavy atom. The lowest BCUT2D eigenvalue weighted by molar-refractivity contribution is -0.170. The minimum Gasteiger partial charge on any atom is -0.465 e. The predicted octanol–water partition coefficient (Wildman–Crippen LogP) is 2.48. The van der Waals surface area contributed by atoms with Crippen molar-refractivity contribution in [3.05, 3.63) is 12.7 Å². The van der Waals surface area contributed by atoms with Crippen LogP contribution in [0.25, 0.3) is 0 Å². The van der Waals surface area contributed by atoms with Crippen molar-refractivity contribution < 1.29 is 19.1 Å². The molecule has 0 rings (SSSR count). The molecular formula is C13H22O4. The Labute approximate surface area is 103 Å². The Balaban J connectivity index is 4.62. The molecule has 0 aromatic carbocycles. The van der Waals surface area contributed by atoms with Gasteiger partial charge in [0, 0.05) is 0 Å². The molecule has 98 valence electrons. The lowest BCUT2D eigenvalue weighted by Crippen LogP contribution is -2.39.